The molecule has 0 fully saturated rings. The highest BCUT2D eigenvalue weighted by Crippen LogP contribution is 2.30. The Morgan fingerprint density at radius 2 is 1.67 bits per heavy atom. The lowest BCUT2D eigenvalue weighted by Crippen LogP contribution is -2.29. The molecule has 3 heterocycles. The molecule has 16 heteroatoms. The van der Waals surface area contributed by atoms with Crippen molar-refractivity contribution in [3.05, 3.63) is 93.9 Å². The second kappa shape index (κ2) is 14.8. The Kier molecular flexibility index (Phi) is 10.6. The number of nitrogens with zero attached hydrogens (tertiary/aromatic N) is 7. The number of sulfone groups is 1. The SMILES string of the molecule is CCCCc1nc(C)n(-c2ncc(OCCCCS(=O)(=O)C(F)(F)F)cn2)c(=O)c1Cc1ccc(-c2ccccc2-c2nn[nH]n2)cc1. The first kappa shape index (κ1) is 34.3. The van der Waals surface area contributed by atoms with Crippen molar-refractivity contribution in [1.82, 2.24) is 40.1 Å². The van der Waals surface area contributed by atoms with E-state index >= 15 is 0 Å². The quantitative estimate of drug-likeness (QED) is 0.154. The second-order valence-corrected chi connectivity index (χ2v) is 13.1. The lowest BCUT2D eigenvalue weighted by Gasteiger charge is -2.15. The number of benzene rings is 2. The number of tetrazole rings is 1. The molecule has 1 N–H and O–H groups in total. The minimum Gasteiger partial charge on any atom is -0.490 e. The predicted octanol–water partition coefficient (Wildman–Crippen LogP) is 5.21. The maximum Gasteiger partial charge on any atom is 0.497 e. The van der Waals surface area contributed by atoms with Crippen molar-refractivity contribution in [3.8, 4) is 34.2 Å². The lowest BCUT2D eigenvalue weighted by molar-refractivity contribution is -0.0435. The van der Waals surface area contributed by atoms with Crippen molar-refractivity contribution in [2.45, 2.75) is 57.9 Å². The van der Waals surface area contributed by atoms with Crippen LogP contribution in [0, 0.1) is 6.92 Å². The van der Waals surface area contributed by atoms with Gasteiger partial charge in [0.2, 0.25) is 21.6 Å². The monoisotopic (exact) mass is 682 g/mol. The number of H-pyrrole nitrogens is 1. The topological polar surface area (TPSA) is 158 Å². The molecule has 252 valence electrons. The molecule has 0 bridgehead atoms. The fraction of sp³-hybridized carbons (Fsp3) is 0.344. The van der Waals surface area contributed by atoms with Crippen LogP contribution in [0.1, 0.15) is 55.3 Å². The van der Waals surface area contributed by atoms with Gasteiger partial charge >= 0.3 is 5.51 Å². The van der Waals surface area contributed by atoms with Gasteiger partial charge in [0.05, 0.1) is 30.4 Å². The molecule has 12 nitrogen and oxygen atoms in total. The standard InChI is InChI=1S/C32H33F3N8O4S/c1-3-4-11-28-27(18-22-12-14-23(15-13-22)25-9-5-6-10-26(25)29-39-41-42-40-29)30(44)43(21(2)38-28)31-36-19-24(20-37-31)47-16-7-8-17-48(45,46)32(33,34)35/h5-6,9-10,12-15,19-20H,3-4,7-8,11,16-18H2,1-2H3,(H,39,40,41,42). The predicted molar refractivity (Wildman–Crippen MR) is 171 cm³/mol. The van der Waals surface area contributed by atoms with E-state index < -0.39 is 21.1 Å². The van der Waals surface area contributed by atoms with Gasteiger partial charge in [-0.1, -0.05) is 61.9 Å². The summed E-state index contributed by atoms with van der Waals surface area (Å²) in [6, 6.07) is 15.7. The second-order valence-electron chi connectivity index (χ2n) is 11.0. The normalized spacial score (nSPS) is 11.9. The molecule has 2 aromatic carbocycles. The van der Waals surface area contributed by atoms with Crippen LogP contribution >= 0.6 is 0 Å². The summed E-state index contributed by atoms with van der Waals surface area (Å²) in [6.45, 7) is 3.74. The van der Waals surface area contributed by atoms with Crippen molar-refractivity contribution in [1.29, 1.82) is 0 Å². The van der Waals surface area contributed by atoms with E-state index in [0.717, 1.165) is 40.8 Å². The molecular formula is C32H33F3N8O4S. The molecule has 48 heavy (non-hydrogen) atoms. The fourth-order valence-corrected chi connectivity index (χ4v) is 5.91. The van der Waals surface area contributed by atoms with Crippen LogP contribution < -0.4 is 10.3 Å². The molecule has 3 aromatic heterocycles. The van der Waals surface area contributed by atoms with E-state index in [-0.39, 0.29) is 36.7 Å². The minimum absolute atomic E-state index is 0.0334. The van der Waals surface area contributed by atoms with E-state index in [9.17, 15) is 26.4 Å². The van der Waals surface area contributed by atoms with Crippen molar-refractivity contribution in [2.75, 3.05) is 12.4 Å². The van der Waals surface area contributed by atoms with Gasteiger partial charge in [0.25, 0.3) is 5.56 Å². The first-order chi connectivity index (χ1) is 23.0. The summed E-state index contributed by atoms with van der Waals surface area (Å²) >= 11 is 0. The van der Waals surface area contributed by atoms with Crippen LogP contribution in [0.4, 0.5) is 13.2 Å². The zero-order chi connectivity index (χ0) is 34.3. The third-order valence-corrected chi connectivity index (χ3v) is 9.13. The van der Waals surface area contributed by atoms with Gasteiger partial charge in [-0.3, -0.25) is 4.79 Å². The van der Waals surface area contributed by atoms with Crippen LogP contribution in [-0.2, 0) is 22.7 Å². The third kappa shape index (κ3) is 7.93. The van der Waals surface area contributed by atoms with E-state index in [1.165, 1.54) is 17.0 Å². The van der Waals surface area contributed by atoms with Crippen LogP contribution in [-0.4, -0.2) is 66.4 Å². The smallest absolute Gasteiger partial charge is 0.490 e. The molecule has 0 saturated carbocycles. The first-order valence-electron chi connectivity index (χ1n) is 15.3. The number of alkyl halides is 3. The summed E-state index contributed by atoms with van der Waals surface area (Å²) in [5, 5.41) is 14.4. The average molecular weight is 683 g/mol. The van der Waals surface area contributed by atoms with Crippen LogP contribution in [0.2, 0.25) is 0 Å². The largest absolute Gasteiger partial charge is 0.497 e. The van der Waals surface area contributed by atoms with E-state index in [0.29, 0.717) is 30.1 Å². The van der Waals surface area contributed by atoms with E-state index in [1.807, 2.05) is 48.5 Å². The number of unbranched alkanes of at least 4 members (excludes halogenated alkanes) is 2. The molecule has 0 unspecified atom stereocenters. The van der Waals surface area contributed by atoms with Crippen LogP contribution in [0.25, 0.3) is 28.5 Å². The van der Waals surface area contributed by atoms with Crippen molar-refractivity contribution < 1.29 is 26.3 Å². The molecule has 0 amide bonds. The number of aromatic nitrogens is 8. The minimum atomic E-state index is -5.27. The van der Waals surface area contributed by atoms with E-state index in [4.69, 9.17) is 9.72 Å². The Morgan fingerprint density at radius 3 is 2.31 bits per heavy atom. The molecule has 0 aliphatic heterocycles. The molecule has 0 saturated heterocycles. The maximum absolute atomic E-state index is 14.0. The lowest BCUT2D eigenvalue weighted by atomic mass is 9.96. The van der Waals surface area contributed by atoms with Gasteiger partial charge < -0.3 is 4.74 Å². The molecule has 5 rings (SSSR count). The van der Waals surface area contributed by atoms with Gasteiger partial charge in [-0.25, -0.2) is 27.9 Å². The van der Waals surface area contributed by atoms with Crippen LogP contribution in [0.3, 0.4) is 0 Å². The molecule has 5 aromatic rings. The number of halogens is 3. The Morgan fingerprint density at radius 1 is 0.958 bits per heavy atom. The Hall–Kier alpha value is -4.99. The van der Waals surface area contributed by atoms with Gasteiger partial charge in [0.15, 0.2) is 5.75 Å². The number of rotatable bonds is 14. The highest BCUT2D eigenvalue weighted by atomic mass is 32.2. The third-order valence-electron chi connectivity index (χ3n) is 7.60. The number of aromatic amines is 1. The summed E-state index contributed by atoms with van der Waals surface area (Å²) in [5.74, 6) is 0.201. The van der Waals surface area contributed by atoms with Gasteiger partial charge in [-0.2, -0.15) is 18.4 Å². The number of ether oxygens (including phenoxy) is 1. The number of aryl methyl sites for hydroxylation is 2. The van der Waals surface area contributed by atoms with Crippen LogP contribution in [0.5, 0.6) is 5.75 Å². The van der Waals surface area contributed by atoms with Crippen molar-refractivity contribution in [2.24, 2.45) is 0 Å². The summed E-state index contributed by atoms with van der Waals surface area (Å²) in [6.07, 6.45) is 5.31. The van der Waals surface area contributed by atoms with Crippen LogP contribution in [0.15, 0.2) is 65.7 Å². The van der Waals surface area contributed by atoms with Gasteiger partial charge in [-0.05, 0) is 54.5 Å². The first-order valence-corrected chi connectivity index (χ1v) is 16.9. The highest BCUT2D eigenvalue weighted by molar-refractivity contribution is 7.92. The summed E-state index contributed by atoms with van der Waals surface area (Å²) in [4.78, 5) is 27.3. The zero-order valence-electron chi connectivity index (χ0n) is 26.2. The Labute approximate surface area is 274 Å². The highest BCUT2D eigenvalue weighted by Gasteiger charge is 2.44. The Bertz CT molecular complexity index is 2000. The maximum atomic E-state index is 14.0. The molecule has 0 atom stereocenters. The van der Waals surface area contributed by atoms with Crippen molar-refractivity contribution >= 4 is 9.84 Å². The van der Waals surface area contributed by atoms with Gasteiger partial charge in [-0.15, -0.1) is 10.2 Å². The average Bonchev–Trinajstić information content (AvgIpc) is 3.61. The van der Waals surface area contributed by atoms with E-state index in [2.05, 4.69) is 37.5 Å². The number of hydrogen-bond donors (Lipinski definition) is 1. The van der Waals surface area contributed by atoms with Crippen molar-refractivity contribution in [3.63, 3.8) is 0 Å². The molecule has 0 radical (unpaired) electrons. The summed E-state index contributed by atoms with van der Waals surface area (Å²) < 4.78 is 66.7. The molecule has 0 aliphatic rings. The summed E-state index contributed by atoms with van der Waals surface area (Å²) in [7, 11) is -5.17. The van der Waals surface area contributed by atoms with Gasteiger partial charge in [0.1, 0.15) is 5.82 Å². The molecular weight excluding hydrogens is 649 g/mol. The molecule has 0 spiro atoms. The number of hydrogen-bond acceptors (Lipinski definition) is 10. The number of nitrogens with one attached hydrogen (secondary N) is 1. The van der Waals surface area contributed by atoms with Gasteiger partial charge in [0, 0.05) is 17.5 Å². The zero-order valence-corrected chi connectivity index (χ0v) is 27.1. The van der Waals surface area contributed by atoms with E-state index in [1.54, 1.807) is 6.92 Å². The Balaban J connectivity index is 1.34. The summed E-state index contributed by atoms with van der Waals surface area (Å²) in [5.41, 5.74) is -0.679. The fourth-order valence-electron chi connectivity index (χ4n) is 5.09. The molecule has 0 aliphatic carbocycles.